The highest BCUT2D eigenvalue weighted by molar-refractivity contribution is 6.24. The summed E-state index contributed by atoms with van der Waals surface area (Å²) in [7, 11) is 0. The maximum absolute atomic E-state index is 12.0. The molecule has 1 aliphatic heterocycles. The number of likely N-dealkylation sites (tertiary alicyclic amines) is 1. The van der Waals surface area contributed by atoms with Crippen LogP contribution < -0.4 is 0 Å². The van der Waals surface area contributed by atoms with Gasteiger partial charge in [-0.2, -0.15) is 0 Å². The smallest absolute Gasteiger partial charge is 0.219 e. The van der Waals surface area contributed by atoms with E-state index < -0.39 is 0 Å². The number of piperidine rings is 1. The van der Waals surface area contributed by atoms with E-state index >= 15 is 0 Å². The second kappa shape index (κ2) is 5.40. The standard InChI is InChI=1S/C17H22ClNO/c1-13(20)19-12-11-17(18)10-6-5-9-15(17)16(19)14-7-3-2-4-8-14/h2-4,7-8,15-16H,5-6,9-12H2,1H3. The van der Waals surface area contributed by atoms with Gasteiger partial charge < -0.3 is 4.90 Å². The summed E-state index contributed by atoms with van der Waals surface area (Å²) in [5.41, 5.74) is 1.24. The van der Waals surface area contributed by atoms with E-state index in [1.165, 1.54) is 18.4 Å². The molecule has 1 amide bonds. The zero-order valence-electron chi connectivity index (χ0n) is 12.0. The molecule has 20 heavy (non-hydrogen) atoms. The van der Waals surface area contributed by atoms with E-state index in [9.17, 15) is 4.79 Å². The molecule has 1 saturated carbocycles. The lowest BCUT2D eigenvalue weighted by Gasteiger charge is -2.52. The van der Waals surface area contributed by atoms with Gasteiger partial charge in [-0.3, -0.25) is 4.79 Å². The van der Waals surface area contributed by atoms with Crippen LogP contribution in [0.2, 0.25) is 0 Å². The summed E-state index contributed by atoms with van der Waals surface area (Å²) in [6, 6.07) is 10.6. The Morgan fingerprint density at radius 3 is 2.70 bits per heavy atom. The van der Waals surface area contributed by atoms with Crippen LogP contribution in [-0.2, 0) is 4.79 Å². The van der Waals surface area contributed by atoms with Crippen molar-refractivity contribution in [2.24, 2.45) is 5.92 Å². The van der Waals surface area contributed by atoms with E-state index in [0.717, 1.165) is 25.8 Å². The molecule has 108 valence electrons. The fourth-order valence-corrected chi connectivity index (χ4v) is 4.50. The van der Waals surface area contributed by atoms with Gasteiger partial charge in [0.2, 0.25) is 5.91 Å². The SMILES string of the molecule is CC(=O)N1CCC2(Cl)CCCCC2C1c1ccccc1. The molecule has 3 unspecified atom stereocenters. The third-order valence-electron chi connectivity index (χ3n) is 5.05. The van der Waals surface area contributed by atoms with Gasteiger partial charge in [-0.15, -0.1) is 11.6 Å². The molecule has 3 atom stereocenters. The molecule has 1 aliphatic carbocycles. The minimum Gasteiger partial charge on any atom is -0.335 e. The van der Waals surface area contributed by atoms with Crippen molar-refractivity contribution in [1.82, 2.24) is 4.90 Å². The monoisotopic (exact) mass is 291 g/mol. The van der Waals surface area contributed by atoms with Crippen molar-refractivity contribution in [1.29, 1.82) is 0 Å². The molecule has 0 spiro atoms. The van der Waals surface area contributed by atoms with E-state index in [-0.39, 0.29) is 16.8 Å². The molecule has 0 radical (unpaired) electrons. The Hall–Kier alpha value is -1.02. The number of benzene rings is 1. The maximum atomic E-state index is 12.0. The predicted octanol–water partition coefficient (Wildman–Crippen LogP) is 4.15. The Labute approximate surface area is 126 Å². The van der Waals surface area contributed by atoms with Crippen LogP contribution in [0.3, 0.4) is 0 Å². The fourth-order valence-electron chi connectivity index (χ4n) is 4.06. The van der Waals surface area contributed by atoms with E-state index in [1.807, 2.05) is 11.0 Å². The van der Waals surface area contributed by atoms with Gasteiger partial charge in [0.05, 0.1) is 10.9 Å². The Morgan fingerprint density at radius 2 is 2.00 bits per heavy atom. The Kier molecular flexibility index (Phi) is 3.76. The van der Waals surface area contributed by atoms with Crippen molar-refractivity contribution < 1.29 is 4.79 Å². The highest BCUT2D eigenvalue weighted by Gasteiger charge is 2.49. The summed E-state index contributed by atoms with van der Waals surface area (Å²) in [6.07, 6.45) is 5.61. The molecule has 0 bridgehead atoms. The summed E-state index contributed by atoms with van der Waals surface area (Å²) in [6.45, 7) is 2.47. The number of hydrogen-bond donors (Lipinski definition) is 0. The van der Waals surface area contributed by atoms with Gasteiger partial charge in [0, 0.05) is 19.4 Å². The highest BCUT2D eigenvalue weighted by atomic mass is 35.5. The third-order valence-corrected chi connectivity index (χ3v) is 5.71. The first-order chi connectivity index (χ1) is 9.62. The molecule has 2 nitrogen and oxygen atoms in total. The van der Waals surface area contributed by atoms with E-state index in [1.54, 1.807) is 6.92 Å². The largest absolute Gasteiger partial charge is 0.335 e. The van der Waals surface area contributed by atoms with Crippen molar-refractivity contribution in [3.63, 3.8) is 0 Å². The Bertz CT molecular complexity index is 489. The van der Waals surface area contributed by atoms with Gasteiger partial charge in [-0.25, -0.2) is 0 Å². The average Bonchev–Trinajstić information content (AvgIpc) is 2.46. The first kappa shape index (κ1) is 13.9. The number of carbonyl (C=O) groups is 1. The highest BCUT2D eigenvalue weighted by Crippen LogP contribution is 2.52. The van der Waals surface area contributed by atoms with Crippen LogP contribution in [0.5, 0.6) is 0 Å². The number of alkyl halides is 1. The molecule has 0 N–H and O–H groups in total. The van der Waals surface area contributed by atoms with Crippen LogP contribution in [0, 0.1) is 5.92 Å². The lowest BCUT2D eigenvalue weighted by molar-refractivity contribution is -0.136. The third kappa shape index (κ3) is 2.35. The van der Waals surface area contributed by atoms with Gasteiger partial charge in [0.1, 0.15) is 0 Å². The summed E-state index contributed by atoms with van der Waals surface area (Å²) in [5.74, 6) is 0.557. The summed E-state index contributed by atoms with van der Waals surface area (Å²) >= 11 is 6.95. The minimum absolute atomic E-state index is 0.106. The van der Waals surface area contributed by atoms with Gasteiger partial charge in [-0.1, -0.05) is 43.2 Å². The Balaban J connectivity index is 2.00. The number of carbonyl (C=O) groups excluding carboxylic acids is 1. The quantitative estimate of drug-likeness (QED) is 0.712. The minimum atomic E-state index is -0.106. The molecule has 1 heterocycles. The van der Waals surface area contributed by atoms with Crippen LogP contribution in [0.4, 0.5) is 0 Å². The first-order valence-corrected chi connectivity index (χ1v) is 8.01. The lowest BCUT2D eigenvalue weighted by atomic mass is 9.68. The predicted molar refractivity (Wildman–Crippen MR) is 81.7 cm³/mol. The number of halogens is 1. The molecular weight excluding hydrogens is 270 g/mol. The van der Waals surface area contributed by atoms with Gasteiger partial charge in [-0.05, 0) is 24.8 Å². The molecule has 2 aliphatic rings. The number of nitrogens with zero attached hydrogens (tertiary/aromatic N) is 1. The van der Waals surface area contributed by atoms with Gasteiger partial charge in [0.25, 0.3) is 0 Å². The number of amides is 1. The van der Waals surface area contributed by atoms with Crippen molar-refractivity contribution in [2.45, 2.75) is 49.9 Å². The number of rotatable bonds is 1. The molecule has 0 aromatic heterocycles. The average molecular weight is 292 g/mol. The normalized spacial score (nSPS) is 33.6. The van der Waals surface area contributed by atoms with E-state index in [4.69, 9.17) is 11.6 Å². The van der Waals surface area contributed by atoms with Crippen LogP contribution >= 0.6 is 11.6 Å². The fraction of sp³-hybridized carbons (Fsp3) is 0.588. The van der Waals surface area contributed by atoms with Crippen LogP contribution in [-0.4, -0.2) is 22.2 Å². The molecule has 1 saturated heterocycles. The van der Waals surface area contributed by atoms with Gasteiger partial charge in [0.15, 0.2) is 0 Å². The molecular formula is C17H22ClNO. The topological polar surface area (TPSA) is 20.3 Å². The molecule has 1 aromatic carbocycles. The molecule has 3 rings (SSSR count). The molecule has 1 aromatic rings. The maximum Gasteiger partial charge on any atom is 0.219 e. The van der Waals surface area contributed by atoms with Crippen molar-refractivity contribution in [3.05, 3.63) is 35.9 Å². The summed E-state index contributed by atoms with van der Waals surface area (Å²) in [5, 5.41) is 0. The van der Waals surface area contributed by atoms with Crippen LogP contribution in [0.25, 0.3) is 0 Å². The number of hydrogen-bond acceptors (Lipinski definition) is 1. The second-order valence-electron chi connectivity index (χ2n) is 6.20. The summed E-state index contributed by atoms with van der Waals surface area (Å²) in [4.78, 5) is 14.0. The zero-order valence-corrected chi connectivity index (χ0v) is 12.8. The molecule has 2 fully saturated rings. The van der Waals surface area contributed by atoms with Crippen LogP contribution in [0.15, 0.2) is 30.3 Å². The molecule has 3 heteroatoms. The van der Waals surface area contributed by atoms with E-state index in [2.05, 4.69) is 24.3 Å². The Morgan fingerprint density at radius 1 is 1.25 bits per heavy atom. The van der Waals surface area contributed by atoms with Gasteiger partial charge >= 0.3 is 0 Å². The van der Waals surface area contributed by atoms with E-state index in [0.29, 0.717) is 5.92 Å². The van der Waals surface area contributed by atoms with Crippen LogP contribution in [0.1, 0.15) is 50.6 Å². The number of fused-ring (bicyclic) bond motifs is 1. The zero-order chi connectivity index (χ0) is 14.2. The van der Waals surface area contributed by atoms with Crippen molar-refractivity contribution in [3.8, 4) is 0 Å². The summed E-state index contributed by atoms with van der Waals surface area (Å²) < 4.78 is 0. The second-order valence-corrected chi connectivity index (χ2v) is 6.96. The van der Waals surface area contributed by atoms with Crippen molar-refractivity contribution >= 4 is 17.5 Å². The van der Waals surface area contributed by atoms with Crippen molar-refractivity contribution in [2.75, 3.05) is 6.54 Å². The lowest BCUT2D eigenvalue weighted by Crippen LogP contribution is -2.53. The first-order valence-electron chi connectivity index (χ1n) is 7.63.